The van der Waals surface area contributed by atoms with E-state index in [9.17, 15) is 14.7 Å². The third kappa shape index (κ3) is 7.78. The van der Waals surface area contributed by atoms with Crippen molar-refractivity contribution in [3.63, 3.8) is 0 Å². The highest BCUT2D eigenvalue weighted by atomic mass is 35.5. The van der Waals surface area contributed by atoms with Crippen LogP contribution in [0.4, 0.5) is 5.69 Å². The monoisotopic (exact) mass is 535 g/mol. The second-order valence-corrected chi connectivity index (χ2v) is 8.32. The number of nitrogens with zero attached hydrogens (tertiary/aromatic N) is 1. The average Bonchev–Trinajstić information content (AvgIpc) is 2.81. The van der Waals surface area contributed by atoms with Crippen molar-refractivity contribution in [2.45, 2.75) is 0 Å². The smallest absolute Gasteiger partial charge is 0.262 e. The maximum Gasteiger partial charge on any atom is 0.262 e. The Hall–Kier alpha value is -3.46. The number of benzene rings is 3. The van der Waals surface area contributed by atoms with E-state index in [0.29, 0.717) is 38.4 Å². The number of phenolic OH excluding ortho intramolecular Hbond substituents is 1. The Bertz CT molecular complexity index is 1250. The van der Waals surface area contributed by atoms with Crippen LogP contribution in [-0.2, 0) is 4.79 Å². The molecule has 0 aromatic heterocycles. The predicted octanol–water partition coefficient (Wildman–Crippen LogP) is 5.18. The molecule has 0 aliphatic heterocycles. The molecule has 0 heterocycles. The molecule has 11 heteroatoms. The van der Waals surface area contributed by atoms with Gasteiger partial charge in [-0.25, -0.2) is 0 Å². The lowest BCUT2D eigenvalue weighted by molar-refractivity contribution is -0.118. The first kappa shape index (κ1) is 26.2. The fraction of sp³-hybridized carbons (Fsp3) is 0.125. The Morgan fingerprint density at radius 1 is 1.03 bits per heavy atom. The molecule has 0 bridgehead atoms. The molecular formula is C24H20Cl3N3O5. The molecule has 0 radical (unpaired) electrons. The summed E-state index contributed by atoms with van der Waals surface area (Å²) in [6.45, 7) is -0.236. The molecule has 182 valence electrons. The van der Waals surface area contributed by atoms with Crippen LogP contribution >= 0.6 is 34.8 Å². The number of rotatable bonds is 9. The minimum atomic E-state index is -0.391. The van der Waals surface area contributed by atoms with Gasteiger partial charge in [0.1, 0.15) is 23.9 Å². The van der Waals surface area contributed by atoms with Gasteiger partial charge in [0.15, 0.2) is 6.61 Å². The van der Waals surface area contributed by atoms with Crippen LogP contribution in [-0.4, -0.2) is 43.5 Å². The van der Waals surface area contributed by atoms with Crippen LogP contribution in [0.1, 0.15) is 15.9 Å². The summed E-state index contributed by atoms with van der Waals surface area (Å²) in [5.41, 5.74) is 1.39. The zero-order valence-electron chi connectivity index (χ0n) is 18.3. The van der Waals surface area contributed by atoms with Gasteiger partial charge in [-0.1, -0.05) is 34.8 Å². The first-order chi connectivity index (χ1) is 16.7. The standard InChI is InChI=1S/C24H20Cl3N3O5/c1-34-22-10-19(35-12-23(32)30-18-8-16(25)7-17(26)9-18)4-2-15(22)11-28-13-29-24(33)14-3-5-21(31)20(27)6-14/h2-11,31H,12-13H2,1H3,(H,29,33)(H,30,32)/b28-11+. The molecule has 0 aliphatic rings. The Morgan fingerprint density at radius 3 is 2.46 bits per heavy atom. The van der Waals surface area contributed by atoms with Gasteiger partial charge in [0.2, 0.25) is 0 Å². The van der Waals surface area contributed by atoms with Gasteiger partial charge >= 0.3 is 0 Å². The number of nitrogens with one attached hydrogen (secondary N) is 2. The number of ether oxygens (including phenoxy) is 2. The van der Waals surface area contributed by atoms with Gasteiger partial charge in [-0.3, -0.25) is 14.6 Å². The van der Waals surface area contributed by atoms with Crippen LogP contribution in [0.2, 0.25) is 15.1 Å². The second-order valence-electron chi connectivity index (χ2n) is 7.04. The van der Waals surface area contributed by atoms with Gasteiger partial charge in [-0.05, 0) is 48.5 Å². The molecule has 3 rings (SSSR count). The molecule has 0 spiro atoms. The zero-order chi connectivity index (χ0) is 25.4. The molecule has 0 atom stereocenters. The maximum absolute atomic E-state index is 12.2. The molecule has 3 N–H and O–H groups in total. The van der Waals surface area contributed by atoms with Gasteiger partial charge in [0.25, 0.3) is 11.8 Å². The number of hydrogen-bond acceptors (Lipinski definition) is 6. The van der Waals surface area contributed by atoms with E-state index < -0.39 is 11.8 Å². The molecule has 35 heavy (non-hydrogen) atoms. The molecule has 0 fully saturated rings. The maximum atomic E-state index is 12.2. The summed E-state index contributed by atoms with van der Waals surface area (Å²) in [5.74, 6) is -0.00944. The molecular weight excluding hydrogens is 517 g/mol. The highest BCUT2D eigenvalue weighted by Crippen LogP contribution is 2.25. The fourth-order valence-corrected chi connectivity index (χ4v) is 3.58. The van der Waals surface area contributed by atoms with Crippen molar-refractivity contribution >= 4 is 58.5 Å². The Labute approximate surface area is 216 Å². The number of carbonyl (C=O) groups excluding carboxylic acids is 2. The van der Waals surface area contributed by atoms with Gasteiger partial charge in [-0.2, -0.15) is 0 Å². The van der Waals surface area contributed by atoms with E-state index in [0.717, 1.165) is 0 Å². The second kappa shape index (κ2) is 12.3. The molecule has 0 saturated carbocycles. The Morgan fingerprint density at radius 2 is 1.77 bits per heavy atom. The van der Waals surface area contributed by atoms with Gasteiger partial charge in [0, 0.05) is 39.1 Å². The number of anilines is 1. The summed E-state index contributed by atoms with van der Waals surface area (Å²) < 4.78 is 10.9. The summed E-state index contributed by atoms with van der Waals surface area (Å²) in [6, 6.07) is 13.8. The van der Waals surface area contributed by atoms with Crippen LogP contribution in [0, 0.1) is 0 Å². The quantitative estimate of drug-likeness (QED) is 0.326. The topological polar surface area (TPSA) is 109 Å². The van der Waals surface area contributed by atoms with E-state index in [1.54, 1.807) is 36.4 Å². The van der Waals surface area contributed by atoms with Crippen molar-refractivity contribution < 1.29 is 24.2 Å². The third-order valence-electron chi connectivity index (χ3n) is 4.49. The average molecular weight is 537 g/mol. The van der Waals surface area contributed by atoms with Gasteiger partial charge < -0.3 is 25.2 Å². The SMILES string of the molecule is COc1cc(OCC(=O)Nc2cc(Cl)cc(Cl)c2)ccc1/C=N/CNC(=O)c1ccc(O)c(Cl)c1. The first-order valence-electron chi connectivity index (χ1n) is 10.1. The third-order valence-corrected chi connectivity index (χ3v) is 5.23. The van der Waals surface area contributed by atoms with Crippen LogP contribution in [0.15, 0.2) is 59.6 Å². The van der Waals surface area contributed by atoms with Crippen molar-refractivity contribution in [2.75, 3.05) is 25.7 Å². The molecule has 2 amide bonds. The lowest BCUT2D eigenvalue weighted by Gasteiger charge is -2.11. The van der Waals surface area contributed by atoms with Crippen LogP contribution in [0.25, 0.3) is 0 Å². The number of halogens is 3. The molecule has 3 aromatic rings. The number of carbonyl (C=O) groups is 2. The fourth-order valence-electron chi connectivity index (χ4n) is 2.87. The largest absolute Gasteiger partial charge is 0.506 e. The molecule has 0 unspecified atom stereocenters. The molecule has 0 saturated heterocycles. The van der Waals surface area contributed by atoms with E-state index in [1.165, 1.54) is 31.5 Å². The highest BCUT2D eigenvalue weighted by molar-refractivity contribution is 6.35. The summed E-state index contributed by atoms with van der Waals surface area (Å²) in [4.78, 5) is 28.5. The van der Waals surface area contributed by atoms with Crippen molar-refractivity contribution in [2.24, 2.45) is 4.99 Å². The summed E-state index contributed by atoms with van der Waals surface area (Å²) in [5, 5.41) is 15.6. The number of aliphatic imine (C=N–C) groups is 1. The number of hydrogen-bond donors (Lipinski definition) is 3. The number of aromatic hydroxyl groups is 1. The minimum Gasteiger partial charge on any atom is -0.506 e. The van der Waals surface area contributed by atoms with Gasteiger partial charge in [0.05, 0.1) is 12.1 Å². The van der Waals surface area contributed by atoms with E-state index in [1.807, 2.05) is 0 Å². The van der Waals surface area contributed by atoms with E-state index >= 15 is 0 Å². The number of phenols is 1. The number of methoxy groups -OCH3 is 1. The first-order valence-corrected chi connectivity index (χ1v) is 11.2. The van der Waals surface area contributed by atoms with E-state index in [-0.39, 0.29) is 24.0 Å². The summed E-state index contributed by atoms with van der Waals surface area (Å²) >= 11 is 17.7. The Kier molecular flexibility index (Phi) is 9.19. The molecule has 3 aromatic carbocycles. The minimum absolute atomic E-state index is 0.00637. The van der Waals surface area contributed by atoms with Gasteiger partial charge in [-0.15, -0.1) is 0 Å². The van der Waals surface area contributed by atoms with Crippen molar-refractivity contribution in [1.29, 1.82) is 0 Å². The van der Waals surface area contributed by atoms with E-state index in [4.69, 9.17) is 44.3 Å². The highest BCUT2D eigenvalue weighted by Gasteiger charge is 2.09. The van der Waals surface area contributed by atoms with Crippen molar-refractivity contribution in [3.8, 4) is 17.2 Å². The van der Waals surface area contributed by atoms with Crippen LogP contribution < -0.4 is 20.1 Å². The predicted molar refractivity (Wildman–Crippen MR) is 137 cm³/mol. The molecule has 0 aliphatic carbocycles. The number of amides is 2. The van der Waals surface area contributed by atoms with Crippen molar-refractivity contribution in [3.05, 3.63) is 80.8 Å². The Balaban J connectivity index is 1.53. The molecule has 8 nitrogen and oxygen atoms in total. The summed E-state index contributed by atoms with van der Waals surface area (Å²) in [7, 11) is 1.49. The summed E-state index contributed by atoms with van der Waals surface area (Å²) in [6.07, 6.45) is 1.53. The lowest BCUT2D eigenvalue weighted by Crippen LogP contribution is -2.23. The lowest BCUT2D eigenvalue weighted by atomic mass is 10.2. The zero-order valence-corrected chi connectivity index (χ0v) is 20.6. The normalized spacial score (nSPS) is 10.7. The van der Waals surface area contributed by atoms with Crippen LogP contribution in [0.3, 0.4) is 0 Å². The van der Waals surface area contributed by atoms with Crippen LogP contribution in [0.5, 0.6) is 17.2 Å². The van der Waals surface area contributed by atoms with Crippen molar-refractivity contribution in [1.82, 2.24) is 5.32 Å². The van der Waals surface area contributed by atoms with E-state index in [2.05, 4.69) is 15.6 Å².